The van der Waals surface area contributed by atoms with E-state index < -0.39 is 34.0 Å². The maximum atomic E-state index is 12.9. The van der Waals surface area contributed by atoms with E-state index in [1.165, 1.54) is 23.4 Å². The third kappa shape index (κ3) is 6.16. The van der Waals surface area contributed by atoms with Crippen molar-refractivity contribution in [2.45, 2.75) is 57.1 Å². The lowest BCUT2D eigenvalue weighted by molar-refractivity contribution is -0.127. The lowest BCUT2D eigenvalue weighted by atomic mass is 10.2. The first-order chi connectivity index (χ1) is 14.0. The zero-order valence-corrected chi connectivity index (χ0v) is 18.7. The molecule has 3 amide bonds. The molecule has 30 heavy (non-hydrogen) atoms. The van der Waals surface area contributed by atoms with E-state index in [-0.39, 0.29) is 21.5 Å². The number of nitrogens with one attached hydrogen (secondary N) is 2. The van der Waals surface area contributed by atoms with E-state index in [0.29, 0.717) is 13.1 Å². The van der Waals surface area contributed by atoms with E-state index in [2.05, 4.69) is 10.6 Å². The average Bonchev–Trinajstić information content (AvgIpc) is 2.67. The average molecular weight is 460 g/mol. The molecular formula is C19H26ClN3O6S. The van der Waals surface area contributed by atoms with Crippen molar-refractivity contribution in [3.05, 3.63) is 28.8 Å². The molecule has 1 heterocycles. The van der Waals surface area contributed by atoms with Crippen molar-refractivity contribution in [1.82, 2.24) is 14.9 Å². The van der Waals surface area contributed by atoms with Crippen LogP contribution in [0.15, 0.2) is 23.1 Å². The Hall–Kier alpha value is -2.17. The molecule has 0 aliphatic carbocycles. The Morgan fingerprint density at radius 2 is 1.73 bits per heavy atom. The number of amides is 3. The highest BCUT2D eigenvalue weighted by atomic mass is 35.5. The van der Waals surface area contributed by atoms with Gasteiger partial charge < -0.3 is 10.1 Å². The minimum Gasteiger partial charge on any atom is -0.449 e. The molecule has 0 saturated carbocycles. The smallest absolute Gasteiger partial charge is 0.338 e. The van der Waals surface area contributed by atoms with Crippen molar-refractivity contribution in [1.29, 1.82) is 0 Å². The molecule has 1 atom stereocenters. The molecule has 1 saturated heterocycles. The highest BCUT2D eigenvalue weighted by Crippen LogP contribution is 2.28. The number of piperidine rings is 1. The standard InChI is InChI=1S/C19H26ClN3O6S/c1-12(2)21-19(26)22-17(24)13(3)29-18(25)14-7-8-15(20)16(11-14)30(27,28)23-9-5-4-6-10-23/h7-8,11-13H,4-6,9-10H2,1-3H3,(H2,21,22,24,26). The third-order valence-corrected chi connectivity index (χ3v) is 6.79. The monoisotopic (exact) mass is 459 g/mol. The zero-order valence-electron chi connectivity index (χ0n) is 17.1. The Balaban J connectivity index is 2.12. The summed E-state index contributed by atoms with van der Waals surface area (Å²) < 4.78 is 32.2. The fraction of sp³-hybridized carbons (Fsp3) is 0.526. The van der Waals surface area contributed by atoms with Crippen molar-refractivity contribution in [2.24, 2.45) is 0 Å². The van der Waals surface area contributed by atoms with Crippen LogP contribution in [0.3, 0.4) is 0 Å². The van der Waals surface area contributed by atoms with Crippen LogP contribution in [0.2, 0.25) is 5.02 Å². The van der Waals surface area contributed by atoms with Crippen LogP contribution < -0.4 is 10.6 Å². The first-order valence-electron chi connectivity index (χ1n) is 9.64. The fourth-order valence-electron chi connectivity index (χ4n) is 2.87. The number of carbonyl (C=O) groups excluding carboxylic acids is 3. The number of imide groups is 1. The normalized spacial score (nSPS) is 16.0. The van der Waals surface area contributed by atoms with Crippen molar-refractivity contribution >= 4 is 39.5 Å². The molecule has 166 valence electrons. The van der Waals surface area contributed by atoms with Crippen LogP contribution in [0.1, 0.15) is 50.4 Å². The van der Waals surface area contributed by atoms with Crippen molar-refractivity contribution in [3.8, 4) is 0 Å². The molecule has 1 fully saturated rings. The molecule has 1 aromatic rings. The summed E-state index contributed by atoms with van der Waals surface area (Å²) in [5.41, 5.74) is -0.0683. The predicted octanol–water partition coefficient (Wildman–Crippen LogP) is 2.29. The summed E-state index contributed by atoms with van der Waals surface area (Å²) in [5, 5.41) is 4.54. The molecule has 1 aliphatic heterocycles. The number of halogens is 1. The van der Waals surface area contributed by atoms with E-state index in [0.717, 1.165) is 25.3 Å². The first-order valence-corrected chi connectivity index (χ1v) is 11.5. The number of urea groups is 1. The summed E-state index contributed by atoms with van der Waals surface area (Å²) in [5.74, 6) is -1.72. The van der Waals surface area contributed by atoms with E-state index in [4.69, 9.17) is 16.3 Å². The Kier molecular flexibility index (Phi) is 8.22. The minimum atomic E-state index is -3.86. The van der Waals surface area contributed by atoms with Gasteiger partial charge in [0.25, 0.3) is 5.91 Å². The number of hydrogen-bond acceptors (Lipinski definition) is 6. The number of rotatable bonds is 6. The van der Waals surface area contributed by atoms with Crippen LogP contribution in [0.25, 0.3) is 0 Å². The van der Waals surface area contributed by atoms with Gasteiger partial charge in [0.1, 0.15) is 4.90 Å². The minimum absolute atomic E-state index is 0.00623. The Morgan fingerprint density at radius 3 is 2.33 bits per heavy atom. The summed E-state index contributed by atoms with van der Waals surface area (Å²) in [4.78, 5) is 35.9. The molecule has 2 rings (SSSR count). The Morgan fingerprint density at radius 1 is 1.10 bits per heavy atom. The number of sulfonamides is 1. The van der Waals surface area contributed by atoms with Crippen LogP contribution in [0, 0.1) is 0 Å². The van der Waals surface area contributed by atoms with Gasteiger partial charge in [0.2, 0.25) is 10.0 Å². The second-order valence-electron chi connectivity index (χ2n) is 7.27. The maximum absolute atomic E-state index is 12.9. The zero-order chi connectivity index (χ0) is 22.5. The van der Waals surface area contributed by atoms with E-state index >= 15 is 0 Å². The van der Waals surface area contributed by atoms with Gasteiger partial charge in [-0.25, -0.2) is 18.0 Å². The number of carbonyl (C=O) groups is 3. The molecule has 1 aromatic carbocycles. The van der Waals surface area contributed by atoms with Gasteiger partial charge in [-0.1, -0.05) is 18.0 Å². The van der Waals surface area contributed by atoms with Crippen LogP contribution in [0.4, 0.5) is 4.79 Å². The van der Waals surface area contributed by atoms with E-state index in [1.807, 2.05) is 0 Å². The summed E-state index contributed by atoms with van der Waals surface area (Å²) in [6.07, 6.45) is 1.21. The molecule has 9 nitrogen and oxygen atoms in total. The Labute approximate surface area is 181 Å². The number of hydrogen-bond donors (Lipinski definition) is 2. The van der Waals surface area contributed by atoms with Crippen molar-refractivity contribution in [2.75, 3.05) is 13.1 Å². The number of ether oxygens (including phenoxy) is 1. The largest absolute Gasteiger partial charge is 0.449 e. The summed E-state index contributed by atoms with van der Waals surface area (Å²) in [6.45, 7) is 5.54. The van der Waals surface area contributed by atoms with Gasteiger partial charge in [-0.05, 0) is 51.8 Å². The third-order valence-electron chi connectivity index (χ3n) is 4.41. The van der Waals surface area contributed by atoms with Crippen LogP contribution in [-0.4, -0.2) is 55.9 Å². The molecule has 0 spiro atoms. The predicted molar refractivity (Wildman–Crippen MR) is 111 cm³/mol. The van der Waals surface area contributed by atoms with Gasteiger partial charge >= 0.3 is 12.0 Å². The molecule has 0 aromatic heterocycles. The van der Waals surface area contributed by atoms with Gasteiger partial charge in [-0.3, -0.25) is 10.1 Å². The molecule has 0 bridgehead atoms. The van der Waals surface area contributed by atoms with E-state index in [1.54, 1.807) is 13.8 Å². The quantitative estimate of drug-likeness (QED) is 0.629. The summed E-state index contributed by atoms with van der Waals surface area (Å²) >= 11 is 6.09. The van der Waals surface area contributed by atoms with Gasteiger partial charge in [-0.15, -0.1) is 0 Å². The molecular weight excluding hydrogens is 434 g/mol. The lowest BCUT2D eigenvalue weighted by Gasteiger charge is -2.26. The van der Waals surface area contributed by atoms with Gasteiger partial charge in [0.05, 0.1) is 10.6 Å². The maximum Gasteiger partial charge on any atom is 0.338 e. The fourth-order valence-corrected chi connectivity index (χ4v) is 4.88. The Bertz CT molecular complexity index is 913. The number of esters is 1. The lowest BCUT2D eigenvalue weighted by Crippen LogP contribution is -2.46. The topological polar surface area (TPSA) is 122 Å². The van der Waals surface area contributed by atoms with Crippen LogP contribution in [0.5, 0.6) is 0 Å². The molecule has 0 radical (unpaired) electrons. The van der Waals surface area contributed by atoms with Gasteiger partial charge in [0.15, 0.2) is 6.10 Å². The number of benzene rings is 1. The summed E-state index contributed by atoms with van der Waals surface area (Å²) in [7, 11) is -3.86. The molecule has 11 heteroatoms. The second-order valence-corrected chi connectivity index (χ2v) is 9.59. The highest BCUT2D eigenvalue weighted by Gasteiger charge is 2.29. The second kappa shape index (κ2) is 10.2. The SMILES string of the molecule is CC(C)NC(=O)NC(=O)C(C)OC(=O)c1ccc(Cl)c(S(=O)(=O)N2CCCCC2)c1. The van der Waals surface area contributed by atoms with Crippen molar-refractivity contribution in [3.63, 3.8) is 0 Å². The first kappa shape index (κ1) is 24.1. The highest BCUT2D eigenvalue weighted by molar-refractivity contribution is 7.89. The molecule has 1 unspecified atom stereocenters. The van der Waals surface area contributed by atoms with Gasteiger partial charge in [0, 0.05) is 19.1 Å². The summed E-state index contributed by atoms with van der Waals surface area (Å²) in [6, 6.07) is 2.88. The van der Waals surface area contributed by atoms with Crippen molar-refractivity contribution < 1.29 is 27.5 Å². The van der Waals surface area contributed by atoms with E-state index in [9.17, 15) is 22.8 Å². The number of nitrogens with zero attached hydrogens (tertiary/aromatic N) is 1. The van der Waals surface area contributed by atoms with Crippen LogP contribution in [-0.2, 0) is 19.6 Å². The van der Waals surface area contributed by atoms with Crippen LogP contribution >= 0.6 is 11.6 Å². The molecule has 2 N–H and O–H groups in total. The van der Waals surface area contributed by atoms with Gasteiger partial charge in [-0.2, -0.15) is 4.31 Å². The molecule has 1 aliphatic rings.